The molecular formula is C26H32ClFN6O2S. The zero-order valence-electron chi connectivity index (χ0n) is 21.0. The van der Waals surface area contributed by atoms with Crippen LogP contribution >= 0.6 is 22.9 Å². The molecule has 37 heavy (non-hydrogen) atoms. The van der Waals surface area contributed by atoms with Crippen molar-refractivity contribution >= 4 is 46.1 Å². The molecule has 0 bridgehead atoms. The van der Waals surface area contributed by atoms with Crippen molar-refractivity contribution in [1.29, 1.82) is 0 Å². The fourth-order valence-electron chi connectivity index (χ4n) is 4.57. The Kier molecular flexibility index (Phi) is 9.15. The maximum atomic E-state index is 13.2. The first-order chi connectivity index (χ1) is 17.8. The lowest BCUT2D eigenvalue weighted by Crippen LogP contribution is -2.44. The molecule has 0 radical (unpaired) electrons. The molecule has 2 unspecified atom stereocenters. The molecule has 3 heterocycles. The summed E-state index contributed by atoms with van der Waals surface area (Å²) in [6, 6.07) is 4.78. The van der Waals surface area contributed by atoms with E-state index in [1.165, 1.54) is 22.2 Å². The smallest absolute Gasteiger partial charge is 0.262 e. The molecule has 0 spiro atoms. The highest BCUT2D eigenvalue weighted by molar-refractivity contribution is 7.14. The summed E-state index contributed by atoms with van der Waals surface area (Å²) in [7, 11) is 0. The highest BCUT2D eigenvalue weighted by Crippen LogP contribution is 2.30. The lowest BCUT2D eigenvalue weighted by Gasteiger charge is -2.21. The number of alkyl halides is 1. The Balaban J connectivity index is 1.42. The van der Waals surface area contributed by atoms with Crippen LogP contribution in [0.4, 0.5) is 15.8 Å². The molecule has 0 aliphatic heterocycles. The number of hydrogen-bond donors (Lipinski definition) is 3. The van der Waals surface area contributed by atoms with Crippen LogP contribution in [0.5, 0.6) is 0 Å². The predicted molar refractivity (Wildman–Crippen MR) is 145 cm³/mol. The summed E-state index contributed by atoms with van der Waals surface area (Å²) in [5.41, 5.74) is 2.15. The number of aromatic nitrogens is 3. The van der Waals surface area contributed by atoms with E-state index in [1.807, 2.05) is 26.0 Å². The van der Waals surface area contributed by atoms with Crippen LogP contribution in [0, 0.1) is 12.8 Å². The largest absolute Gasteiger partial charge is 0.376 e. The molecular weight excluding hydrogens is 515 g/mol. The van der Waals surface area contributed by atoms with Gasteiger partial charge in [-0.2, -0.15) is 5.10 Å². The molecule has 8 nitrogen and oxygen atoms in total. The lowest BCUT2D eigenvalue weighted by molar-refractivity contribution is -0.118. The van der Waals surface area contributed by atoms with Crippen molar-refractivity contribution in [2.24, 2.45) is 5.92 Å². The van der Waals surface area contributed by atoms with E-state index < -0.39 is 12.7 Å². The SMILES string of the molecule is Cc1ncc(Cl)cc1NC(C)c1ccc(C(=O)NC(CC2CCCC2)C(=O)Nc2cnn(CCF)c2)s1. The molecule has 4 rings (SSSR count). The second kappa shape index (κ2) is 12.5. The fraction of sp³-hybridized carbons (Fsp3) is 0.462. The van der Waals surface area contributed by atoms with Crippen molar-refractivity contribution in [3.63, 3.8) is 0 Å². The first-order valence-electron chi connectivity index (χ1n) is 12.5. The number of carbonyl (C=O) groups is 2. The van der Waals surface area contributed by atoms with E-state index in [2.05, 4.69) is 26.0 Å². The lowest BCUT2D eigenvalue weighted by atomic mass is 9.97. The van der Waals surface area contributed by atoms with Crippen molar-refractivity contribution in [3.05, 3.63) is 57.3 Å². The molecule has 3 aromatic rings. The number of anilines is 2. The summed E-state index contributed by atoms with van der Waals surface area (Å²) in [6.45, 7) is 3.50. The Morgan fingerprint density at radius 2 is 2.05 bits per heavy atom. The molecule has 2 amide bonds. The number of halogens is 2. The minimum atomic E-state index is -0.679. The molecule has 198 valence electrons. The van der Waals surface area contributed by atoms with Gasteiger partial charge >= 0.3 is 0 Å². The van der Waals surface area contributed by atoms with Gasteiger partial charge in [-0.05, 0) is 44.4 Å². The molecule has 1 fully saturated rings. The van der Waals surface area contributed by atoms with Gasteiger partial charge in [0.15, 0.2) is 0 Å². The number of rotatable bonds is 11. The summed E-state index contributed by atoms with van der Waals surface area (Å²) in [5.74, 6) is -0.186. The summed E-state index contributed by atoms with van der Waals surface area (Å²) < 4.78 is 14.0. The van der Waals surface area contributed by atoms with Crippen molar-refractivity contribution in [2.45, 2.75) is 64.6 Å². The van der Waals surface area contributed by atoms with E-state index in [9.17, 15) is 14.0 Å². The summed E-state index contributed by atoms with van der Waals surface area (Å²) in [4.78, 5) is 32.1. The molecule has 3 aromatic heterocycles. The van der Waals surface area contributed by atoms with Crippen molar-refractivity contribution in [2.75, 3.05) is 17.3 Å². The molecule has 11 heteroatoms. The second-order valence-electron chi connectivity index (χ2n) is 9.44. The van der Waals surface area contributed by atoms with E-state index in [4.69, 9.17) is 11.6 Å². The number of nitrogens with one attached hydrogen (secondary N) is 3. The van der Waals surface area contributed by atoms with Gasteiger partial charge in [-0.15, -0.1) is 11.3 Å². The third-order valence-electron chi connectivity index (χ3n) is 6.58. The van der Waals surface area contributed by atoms with Crippen LogP contribution in [-0.2, 0) is 11.3 Å². The van der Waals surface area contributed by atoms with Crippen LogP contribution in [0.25, 0.3) is 0 Å². The number of carbonyl (C=O) groups excluding carboxylic acids is 2. The standard InChI is InChI=1S/C26H32ClFN6O2S/c1-16-21(12-19(27)13-29-16)31-17(2)23-7-8-24(37-23)26(36)33-22(11-18-5-3-4-6-18)25(35)32-20-14-30-34(15-20)10-9-28/h7-8,12-15,17-18,22,31H,3-6,9-11H2,1-2H3,(H,32,35)(H,33,36). The van der Waals surface area contributed by atoms with Crippen molar-refractivity contribution in [1.82, 2.24) is 20.1 Å². The van der Waals surface area contributed by atoms with Crippen molar-refractivity contribution in [3.8, 4) is 0 Å². The normalized spacial score (nSPS) is 15.4. The van der Waals surface area contributed by atoms with E-state index in [0.29, 0.717) is 27.9 Å². The molecule has 3 N–H and O–H groups in total. The summed E-state index contributed by atoms with van der Waals surface area (Å²) in [6.07, 6.45) is 9.65. The van der Waals surface area contributed by atoms with Crippen LogP contribution in [-0.4, -0.2) is 39.3 Å². The molecule has 0 aromatic carbocycles. The van der Waals surface area contributed by atoms with Crippen LogP contribution in [0.3, 0.4) is 0 Å². The third kappa shape index (κ3) is 7.29. The quantitative estimate of drug-likeness (QED) is 0.284. The van der Waals surface area contributed by atoms with Crippen LogP contribution in [0.15, 0.2) is 36.8 Å². The second-order valence-corrected chi connectivity index (χ2v) is 11.0. The van der Waals surface area contributed by atoms with E-state index in [1.54, 1.807) is 18.5 Å². The maximum absolute atomic E-state index is 13.2. The van der Waals surface area contributed by atoms with Gasteiger partial charge in [0.05, 0.1) is 45.8 Å². The van der Waals surface area contributed by atoms with E-state index >= 15 is 0 Å². The third-order valence-corrected chi connectivity index (χ3v) is 8.06. The Morgan fingerprint density at radius 3 is 2.81 bits per heavy atom. The zero-order valence-corrected chi connectivity index (χ0v) is 22.5. The Bertz CT molecular complexity index is 1230. The number of pyridine rings is 1. The first kappa shape index (κ1) is 27.1. The minimum absolute atomic E-state index is 0.0658. The molecule has 2 atom stereocenters. The average molecular weight is 547 g/mol. The highest BCUT2D eigenvalue weighted by atomic mass is 35.5. The van der Waals surface area contributed by atoms with Crippen molar-refractivity contribution < 1.29 is 14.0 Å². The van der Waals surface area contributed by atoms with Gasteiger partial charge in [0, 0.05) is 17.3 Å². The van der Waals surface area contributed by atoms with Gasteiger partial charge in [-0.1, -0.05) is 37.3 Å². The van der Waals surface area contributed by atoms with Crippen LogP contribution < -0.4 is 16.0 Å². The van der Waals surface area contributed by atoms with Gasteiger partial charge in [-0.25, -0.2) is 4.39 Å². The molecule has 1 aliphatic rings. The molecule has 1 aliphatic carbocycles. The van der Waals surface area contributed by atoms with Crippen LogP contribution in [0.1, 0.15) is 65.3 Å². The average Bonchev–Trinajstić information content (AvgIpc) is 3.64. The van der Waals surface area contributed by atoms with Gasteiger partial charge in [0.1, 0.15) is 12.7 Å². The van der Waals surface area contributed by atoms with Crippen LogP contribution in [0.2, 0.25) is 5.02 Å². The first-order valence-corrected chi connectivity index (χ1v) is 13.7. The predicted octanol–water partition coefficient (Wildman–Crippen LogP) is 5.76. The fourth-order valence-corrected chi connectivity index (χ4v) is 5.64. The molecule has 0 saturated heterocycles. The Morgan fingerprint density at radius 1 is 1.27 bits per heavy atom. The van der Waals surface area contributed by atoms with E-state index in [0.717, 1.165) is 41.9 Å². The van der Waals surface area contributed by atoms with Gasteiger partial charge in [0.25, 0.3) is 5.91 Å². The number of hydrogen-bond acceptors (Lipinski definition) is 6. The number of thiophene rings is 1. The molecule has 1 saturated carbocycles. The van der Waals surface area contributed by atoms with Gasteiger partial charge in [-0.3, -0.25) is 19.3 Å². The highest BCUT2D eigenvalue weighted by Gasteiger charge is 2.28. The minimum Gasteiger partial charge on any atom is -0.376 e. The number of aryl methyl sites for hydroxylation is 2. The van der Waals surface area contributed by atoms with Gasteiger partial charge < -0.3 is 16.0 Å². The van der Waals surface area contributed by atoms with Gasteiger partial charge in [0.2, 0.25) is 5.91 Å². The summed E-state index contributed by atoms with van der Waals surface area (Å²) >= 11 is 7.47. The Labute approximate surface area is 225 Å². The topological polar surface area (TPSA) is 101 Å². The summed E-state index contributed by atoms with van der Waals surface area (Å²) in [5, 5.41) is 13.8. The number of nitrogens with zero attached hydrogens (tertiary/aromatic N) is 3. The maximum Gasteiger partial charge on any atom is 0.262 e. The van der Waals surface area contributed by atoms with E-state index in [-0.39, 0.29) is 24.4 Å². The Hall–Kier alpha value is -2.98. The zero-order chi connectivity index (χ0) is 26.4. The number of amides is 2. The monoisotopic (exact) mass is 546 g/mol.